The van der Waals surface area contributed by atoms with Crippen LogP contribution in [0.25, 0.3) is 33.3 Å². The molecule has 0 aliphatic carbocycles. The maximum absolute atomic E-state index is 10.9. The Balaban J connectivity index is 2.07. The lowest BCUT2D eigenvalue weighted by atomic mass is 9.82. The number of aromatic amines is 1. The van der Waals surface area contributed by atoms with Crippen molar-refractivity contribution in [2.24, 2.45) is 0 Å². The van der Waals surface area contributed by atoms with Crippen molar-refractivity contribution in [2.75, 3.05) is 0 Å². The minimum Gasteiger partial charge on any atom is -0.507 e. The van der Waals surface area contributed by atoms with Crippen molar-refractivity contribution in [3.8, 4) is 33.8 Å². The molecular weight excluding hydrogens is 386 g/mol. The molecule has 0 saturated heterocycles. The number of phenols is 2. The Kier molecular flexibility index (Phi) is 4.80. The van der Waals surface area contributed by atoms with Crippen LogP contribution in [0.15, 0.2) is 48.5 Å². The summed E-state index contributed by atoms with van der Waals surface area (Å²) in [4.78, 5) is 0. The summed E-state index contributed by atoms with van der Waals surface area (Å²) in [5.41, 5.74) is 6.38. The fourth-order valence-electron chi connectivity index (χ4n) is 3.83. The maximum atomic E-state index is 10.9. The predicted molar refractivity (Wildman–Crippen MR) is 125 cm³/mol. The van der Waals surface area contributed by atoms with E-state index in [1.165, 1.54) is 0 Å². The number of fused-ring (bicyclic) bond motifs is 1. The number of nitrogens with one attached hydrogen (secondary N) is 1. The van der Waals surface area contributed by atoms with Crippen LogP contribution in [0.4, 0.5) is 0 Å². The summed E-state index contributed by atoms with van der Waals surface area (Å²) in [6, 6.07) is 15.2. The molecule has 160 valence electrons. The molecule has 31 heavy (non-hydrogen) atoms. The average Bonchev–Trinajstić information content (AvgIpc) is 3.15. The van der Waals surface area contributed by atoms with Crippen LogP contribution in [0.2, 0.25) is 0 Å². The number of hydrogen-bond donors (Lipinski definition) is 3. The van der Waals surface area contributed by atoms with Gasteiger partial charge in [0.05, 0.1) is 5.52 Å². The number of benzene rings is 3. The highest BCUT2D eigenvalue weighted by atomic mass is 16.3. The van der Waals surface area contributed by atoms with Crippen LogP contribution in [0.5, 0.6) is 11.5 Å². The Hall–Kier alpha value is -3.34. The summed E-state index contributed by atoms with van der Waals surface area (Å²) in [7, 11) is 0. The summed E-state index contributed by atoms with van der Waals surface area (Å²) < 4.78 is 0. The molecule has 0 radical (unpaired) electrons. The highest BCUT2D eigenvalue weighted by Crippen LogP contribution is 2.45. The van der Waals surface area contributed by atoms with Crippen LogP contribution in [0.3, 0.4) is 0 Å². The Morgan fingerprint density at radius 3 is 1.81 bits per heavy atom. The van der Waals surface area contributed by atoms with Crippen LogP contribution in [-0.4, -0.2) is 25.6 Å². The van der Waals surface area contributed by atoms with E-state index in [4.69, 9.17) is 0 Å². The van der Waals surface area contributed by atoms with E-state index in [1.807, 2.05) is 36.4 Å². The summed E-state index contributed by atoms with van der Waals surface area (Å²) in [6.45, 7) is 12.8. The number of H-pyrrole nitrogens is 1. The molecule has 1 heterocycles. The van der Waals surface area contributed by atoms with Gasteiger partial charge in [-0.15, -0.1) is 5.10 Å². The fourth-order valence-corrected chi connectivity index (χ4v) is 3.83. The average molecular weight is 416 g/mol. The first-order valence-electron chi connectivity index (χ1n) is 10.5. The van der Waals surface area contributed by atoms with Gasteiger partial charge in [0.1, 0.15) is 17.0 Å². The van der Waals surface area contributed by atoms with Crippen LogP contribution < -0.4 is 0 Å². The van der Waals surface area contributed by atoms with E-state index in [2.05, 4.69) is 57.0 Å². The van der Waals surface area contributed by atoms with Crippen molar-refractivity contribution in [2.45, 2.75) is 52.4 Å². The second-order valence-electron chi connectivity index (χ2n) is 10.2. The first-order chi connectivity index (χ1) is 14.5. The molecule has 0 atom stereocenters. The molecule has 3 N–H and O–H groups in total. The van der Waals surface area contributed by atoms with Gasteiger partial charge in [-0.2, -0.15) is 0 Å². The third-order valence-electron chi connectivity index (χ3n) is 5.78. The van der Waals surface area contributed by atoms with E-state index in [0.717, 1.165) is 27.8 Å². The third kappa shape index (κ3) is 3.76. The lowest BCUT2D eigenvalue weighted by Gasteiger charge is -2.23. The van der Waals surface area contributed by atoms with E-state index >= 15 is 0 Å². The van der Waals surface area contributed by atoms with Crippen molar-refractivity contribution in [3.05, 3.63) is 59.7 Å². The summed E-state index contributed by atoms with van der Waals surface area (Å²) in [5, 5.41) is 32.9. The lowest BCUT2D eigenvalue weighted by Crippen LogP contribution is -2.11. The molecule has 0 amide bonds. The Bertz CT molecular complexity index is 1270. The number of aromatic hydroxyl groups is 2. The van der Waals surface area contributed by atoms with Crippen molar-refractivity contribution >= 4 is 11.0 Å². The van der Waals surface area contributed by atoms with Gasteiger partial charge in [0.15, 0.2) is 0 Å². The highest BCUT2D eigenvalue weighted by molar-refractivity contribution is 6.02. The van der Waals surface area contributed by atoms with E-state index < -0.39 is 0 Å². The molecule has 3 aromatic carbocycles. The van der Waals surface area contributed by atoms with Gasteiger partial charge in [0.25, 0.3) is 0 Å². The Morgan fingerprint density at radius 2 is 1.23 bits per heavy atom. The summed E-state index contributed by atoms with van der Waals surface area (Å²) in [5.74, 6) is 0.347. The Labute approximate surface area is 182 Å². The van der Waals surface area contributed by atoms with E-state index in [1.54, 1.807) is 12.1 Å². The van der Waals surface area contributed by atoms with Crippen LogP contribution in [0, 0.1) is 0 Å². The molecule has 0 spiro atoms. The standard InChI is InChI=1S/C26H29N3O2/c1-25(2,3)15-7-11-21(30)18(13-15)17-9-10-20-24(28-29-27-20)23(17)19-14-16(26(4,5)6)8-12-22(19)31/h7-14,30-31H,1-6H3,(H,27,28,29). The molecule has 4 aromatic rings. The van der Waals surface area contributed by atoms with Gasteiger partial charge in [-0.1, -0.05) is 65.0 Å². The molecule has 0 fully saturated rings. The zero-order valence-corrected chi connectivity index (χ0v) is 18.9. The highest BCUT2D eigenvalue weighted by Gasteiger charge is 2.23. The zero-order chi connectivity index (χ0) is 22.6. The second kappa shape index (κ2) is 7.12. The van der Waals surface area contributed by atoms with Crippen LogP contribution >= 0.6 is 0 Å². The predicted octanol–water partition coefficient (Wildman–Crippen LogP) is 6.30. The quantitative estimate of drug-likeness (QED) is 0.359. The first kappa shape index (κ1) is 20.9. The second-order valence-corrected chi connectivity index (χ2v) is 10.2. The molecule has 5 nitrogen and oxygen atoms in total. The van der Waals surface area contributed by atoms with Crippen LogP contribution in [-0.2, 0) is 10.8 Å². The number of phenolic OH excluding ortho intramolecular Hbond substituents is 2. The summed E-state index contributed by atoms with van der Waals surface area (Å²) in [6.07, 6.45) is 0. The molecule has 0 aliphatic rings. The normalized spacial score (nSPS) is 12.5. The van der Waals surface area contributed by atoms with Crippen molar-refractivity contribution in [1.82, 2.24) is 15.4 Å². The van der Waals surface area contributed by atoms with Gasteiger partial charge in [-0.05, 0) is 57.9 Å². The molecule has 0 aliphatic heterocycles. The molecule has 1 aromatic heterocycles. The lowest BCUT2D eigenvalue weighted by molar-refractivity contribution is 0.475. The van der Waals surface area contributed by atoms with E-state index in [0.29, 0.717) is 16.6 Å². The molecular formula is C26H29N3O2. The van der Waals surface area contributed by atoms with Gasteiger partial charge >= 0.3 is 0 Å². The van der Waals surface area contributed by atoms with Gasteiger partial charge in [0, 0.05) is 16.7 Å². The number of rotatable bonds is 2. The van der Waals surface area contributed by atoms with Crippen molar-refractivity contribution < 1.29 is 10.2 Å². The maximum Gasteiger partial charge on any atom is 0.123 e. The number of aromatic nitrogens is 3. The topological polar surface area (TPSA) is 82.0 Å². The van der Waals surface area contributed by atoms with Gasteiger partial charge in [0.2, 0.25) is 0 Å². The molecule has 4 rings (SSSR count). The molecule has 0 unspecified atom stereocenters. The molecule has 0 bridgehead atoms. The number of nitrogens with zero attached hydrogens (tertiary/aromatic N) is 2. The van der Waals surface area contributed by atoms with Gasteiger partial charge in [-0.3, -0.25) is 5.10 Å². The van der Waals surface area contributed by atoms with Gasteiger partial charge in [-0.25, -0.2) is 0 Å². The summed E-state index contributed by atoms with van der Waals surface area (Å²) >= 11 is 0. The van der Waals surface area contributed by atoms with E-state index in [-0.39, 0.29) is 22.3 Å². The minimum atomic E-state index is -0.0887. The fraction of sp³-hybridized carbons (Fsp3) is 0.308. The largest absolute Gasteiger partial charge is 0.507 e. The molecule has 5 heteroatoms. The van der Waals surface area contributed by atoms with E-state index in [9.17, 15) is 10.2 Å². The zero-order valence-electron chi connectivity index (χ0n) is 18.9. The van der Waals surface area contributed by atoms with Crippen LogP contribution in [0.1, 0.15) is 52.7 Å². The third-order valence-corrected chi connectivity index (χ3v) is 5.78. The minimum absolute atomic E-state index is 0.0745. The smallest absolute Gasteiger partial charge is 0.123 e. The SMILES string of the molecule is CC(C)(C)c1ccc(O)c(-c2ccc3[nH]nnc3c2-c2cc(C(C)(C)C)ccc2O)c1. The van der Waals surface area contributed by atoms with Crippen molar-refractivity contribution in [3.63, 3.8) is 0 Å². The Morgan fingerprint density at radius 1 is 0.677 bits per heavy atom. The van der Waals surface area contributed by atoms with Crippen molar-refractivity contribution in [1.29, 1.82) is 0 Å². The number of hydrogen-bond acceptors (Lipinski definition) is 4. The molecule has 0 saturated carbocycles. The monoisotopic (exact) mass is 415 g/mol. The van der Waals surface area contributed by atoms with Gasteiger partial charge < -0.3 is 10.2 Å². The first-order valence-corrected chi connectivity index (χ1v) is 10.5.